The van der Waals surface area contributed by atoms with Crippen molar-refractivity contribution in [3.63, 3.8) is 0 Å². The lowest BCUT2D eigenvalue weighted by molar-refractivity contribution is 0.134. The summed E-state index contributed by atoms with van der Waals surface area (Å²) in [6.07, 6.45) is 0. The summed E-state index contributed by atoms with van der Waals surface area (Å²) in [4.78, 5) is 4.85. The Labute approximate surface area is 120 Å². The van der Waals surface area contributed by atoms with Gasteiger partial charge < -0.3 is 9.64 Å². The summed E-state index contributed by atoms with van der Waals surface area (Å²) in [5.41, 5.74) is 0. The summed E-state index contributed by atoms with van der Waals surface area (Å²) in [6.45, 7) is 6.41. The van der Waals surface area contributed by atoms with Gasteiger partial charge in [0.15, 0.2) is 0 Å². The smallest absolute Gasteiger partial charge is 0.120 e. The molecule has 0 unspecified atom stereocenters. The van der Waals surface area contributed by atoms with Crippen LogP contribution in [0.1, 0.15) is 0 Å². The SMILES string of the molecule is CN1CCN(CCOc2ccc3ccccc3c2)CC1. The Hall–Kier alpha value is -1.58. The van der Waals surface area contributed by atoms with Gasteiger partial charge in [0.1, 0.15) is 12.4 Å². The molecule has 0 radical (unpaired) electrons. The molecule has 1 fully saturated rings. The van der Waals surface area contributed by atoms with Gasteiger partial charge in [-0.05, 0) is 30.0 Å². The first-order chi connectivity index (χ1) is 9.81. The van der Waals surface area contributed by atoms with Crippen molar-refractivity contribution >= 4 is 10.8 Å². The van der Waals surface area contributed by atoms with Gasteiger partial charge in [-0.15, -0.1) is 0 Å². The average molecular weight is 270 g/mol. The van der Waals surface area contributed by atoms with Crippen LogP contribution in [0.3, 0.4) is 0 Å². The Morgan fingerprint density at radius 1 is 0.950 bits per heavy atom. The Bertz CT molecular complexity index is 562. The first-order valence-corrected chi connectivity index (χ1v) is 7.34. The Balaban J connectivity index is 1.52. The summed E-state index contributed by atoms with van der Waals surface area (Å²) < 4.78 is 5.89. The van der Waals surface area contributed by atoms with Crippen molar-refractivity contribution in [3.05, 3.63) is 42.5 Å². The third kappa shape index (κ3) is 3.30. The lowest BCUT2D eigenvalue weighted by Gasteiger charge is -2.32. The molecule has 1 heterocycles. The number of hydrogen-bond donors (Lipinski definition) is 0. The number of piperazine rings is 1. The fourth-order valence-electron chi connectivity index (χ4n) is 2.62. The molecule has 0 aliphatic carbocycles. The third-order valence-corrected chi connectivity index (χ3v) is 3.99. The number of hydrogen-bond acceptors (Lipinski definition) is 3. The molecule has 0 spiro atoms. The Morgan fingerprint density at radius 2 is 1.70 bits per heavy atom. The van der Waals surface area contributed by atoms with E-state index in [-0.39, 0.29) is 0 Å². The van der Waals surface area contributed by atoms with Crippen LogP contribution in [-0.2, 0) is 0 Å². The van der Waals surface area contributed by atoms with Crippen LogP contribution in [0.15, 0.2) is 42.5 Å². The minimum atomic E-state index is 0.766. The minimum absolute atomic E-state index is 0.766. The maximum Gasteiger partial charge on any atom is 0.120 e. The van der Waals surface area contributed by atoms with E-state index in [9.17, 15) is 0 Å². The molecule has 3 rings (SSSR count). The number of ether oxygens (including phenoxy) is 1. The highest BCUT2D eigenvalue weighted by Gasteiger charge is 2.13. The van der Waals surface area contributed by atoms with E-state index in [1.165, 1.54) is 10.8 Å². The lowest BCUT2D eigenvalue weighted by atomic mass is 10.1. The van der Waals surface area contributed by atoms with Crippen molar-refractivity contribution in [2.45, 2.75) is 0 Å². The van der Waals surface area contributed by atoms with Crippen molar-refractivity contribution in [1.29, 1.82) is 0 Å². The molecule has 106 valence electrons. The van der Waals surface area contributed by atoms with Crippen molar-refractivity contribution in [3.8, 4) is 5.75 Å². The second-order valence-electron chi connectivity index (χ2n) is 5.50. The monoisotopic (exact) mass is 270 g/mol. The van der Waals surface area contributed by atoms with Crippen molar-refractivity contribution in [2.24, 2.45) is 0 Å². The molecule has 2 aromatic carbocycles. The number of likely N-dealkylation sites (N-methyl/N-ethyl adjacent to an activating group) is 1. The van der Waals surface area contributed by atoms with E-state index < -0.39 is 0 Å². The summed E-state index contributed by atoms with van der Waals surface area (Å²) >= 11 is 0. The molecule has 1 aliphatic heterocycles. The molecular weight excluding hydrogens is 248 g/mol. The first kappa shape index (κ1) is 13.4. The van der Waals surface area contributed by atoms with E-state index in [0.717, 1.165) is 45.1 Å². The number of nitrogens with zero attached hydrogens (tertiary/aromatic N) is 2. The van der Waals surface area contributed by atoms with Gasteiger partial charge in [-0.1, -0.05) is 30.3 Å². The molecule has 0 amide bonds. The van der Waals surface area contributed by atoms with Crippen molar-refractivity contribution in [2.75, 3.05) is 46.4 Å². The quantitative estimate of drug-likeness (QED) is 0.849. The maximum atomic E-state index is 5.89. The zero-order valence-corrected chi connectivity index (χ0v) is 12.1. The highest BCUT2D eigenvalue weighted by molar-refractivity contribution is 5.83. The highest BCUT2D eigenvalue weighted by Crippen LogP contribution is 2.20. The van der Waals surface area contributed by atoms with Gasteiger partial charge in [0, 0.05) is 32.7 Å². The zero-order valence-electron chi connectivity index (χ0n) is 12.1. The third-order valence-electron chi connectivity index (χ3n) is 3.99. The summed E-state index contributed by atoms with van der Waals surface area (Å²) in [6, 6.07) is 14.7. The number of rotatable bonds is 4. The minimum Gasteiger partial charge on any atom is -0.492 e. The van der Waals surface area contributed by atoms with Crippen LogP contribution in [-0.4, -0.2) is 56.2 Å². The van der Waals surface area contributed by atoms with Crippen molar-refractivity contribution in [1.82, 2.24) is 9.80 Å². The topological polar surface area (TPSA) is 15.7 Å². The van der Waals surface area contributed by atoms with Crippen LogP contribution < -0.4 is 4.74 Å². The summed E-state index contributed by atoms with van der Waals surface area (Å²) in [7, 11) is 2.18. The molecule has 0 bridgehead atoms. The van der Waals surface area contributed by atoms with Gasteiger partial charge >= 0.3 is 0 Å². The van der Waals surface area contributed by atoms with E-state index >= 15 is 0 Å². The fraction of sp³-hybridized carbons (Fsp3) is 0.412. The molecule has 0 aromatic heterocycles. The van der Waals surface area contributed by atoms with Gasteiger partial charge in [-0.25, -0.2) is 0 Å². The standard InChI is InChI=1S/C17H22N2O/c1-18-8-10-19(11-9-18)12-13-20-17-7-6-15-4-2-3-5-16(15)14-17/h2-7,14H,8-13H2,1H3. The number of benzene rings is 2. The fourth-order valence-corrected chi connectivity index (χ4v) is 2.62. The van der Waals surface area contributed by atoms with Gasteiger partial charge in [0.05, 0.1) is 0 Å². The first-order valence-electron chi connectivity index (χ1n) is 7.34. The van der Waals surface area contributed by atoms with E-state index in [1.807, 2.05) is 0 Å². The summed E-state index contributed by atoms with van der Waals surface area (Å²) in [5, 5.41) is 2.50. The van der Waals surface area contributed by atoms with Crippen LogP contribution in [0.4, 0.5) is 0 Å². The molecule has 3 nitrogen and oxygen atoms in total. The van der Waals surface area contributed by atoms with E-state index in [4.69, 9.17) is 4.74 Å². The normalized spacial score (nSPS) is 17.4. The molecule has 1 saturated heterocycles. The summed E-state index contributed by atoms with van der Waals surface area (Å²) in [5.74, 6) is 0.970. The second-order valence-corrected chi connectivity index (χ2v) is 5.50. The van der Waals surface area contributed by atoms with Crippen LogP contribution >= 0.6 is 0 Å². The predicted octanol–water partition coefficient (Wildman–Crippen LogP) is 2.47. The molecule has 1 aliphatic rings. The molecule has 0 atom stereocenters. The van der Waals surface area contributed by atoms with Gasteiger partial charge in [-0.2, -0.15) is 0 Å². The average Bonchev–Trinajstić information content (AvgIpc) is 2.49. The van der Waals surface area contributed by atoms with Crippen LogP contribution in [0.25, 0.3) is 10.8 Å². The Kier molecular flexibility index (Phi) is 4.19. The van der Waals surface area contributed by atoms with Crippen molar-refractivity contribution < 1.29 is 4.74 Å². The predicted molar refractivity (Wildman–Crippen MR) is 83.4 cm³/mol. The Morgan fingerprint density at radius 3 is 2.50 bits per heavy atom. The largest absolute Gasteiger partial charge is 0.492 e. The van der Waals surface area contributed by atoms with Crippen LogP contribution in [0, 0.1) is 0 Å². The van der Waals surface area contributed by atoms with Gasteiger partial charge in [0.25, 0.3) is 0 Å². The highest BCUT2D eigenvalue weighted by atomic mass is 16.5. The molecular formula is C17H22N2O. The second kappa shape index (κ2) is 6.25. The van der Waals surface area contributed by atoms with E-state index in [2.05, 4.69) is 59.3 Å². The molecule has 3 heteroatoms. The van der Waals surface area contributed by atoms with E-state index in [1.54, 1.807) is 0 Å². The van der Waals surface area contributed by atoms with Crippen LogP contribution in [0.5, 0.6) is 5.75 Å². The molecule has 20 heavy (non-hydrogen) atoms. The van der Waals surface area contributed by atoms with Crippen LogP contribution in [0.2, 0.25) is 0 Å². The molecule has 0 saturated carbocycles. The molecule has 2 aromatic rings. The number of fused-ring (bicyclic) bond motifs is 1. The molecule has 0 N–H and O–H groups in total. The van der Waals surface area contributed by atoms with E-state index in [0.29, 0.717) is 0 Å². The van der Waals surface area contributed by atoms with Gasteiger partial charge in [-0.3, -0.25) is 4.90 Å². The lowest BCUT2D eigenvalue weighted by Crippen LogP contribution is -2.45. The zero-order chi connectivity index (χ0) is 13.8. The maximum absolute atomic E-state index is 5.89. The van der Waals surface area contributed by atoms with Gasteiger partial charge in [0.2, 0.25) is 0 Å².